The summed E-state index contributed by atoms with van der Waals surface area (Å²) in [5.74, 6) is 0.115. The van der Waals surface area contributed by atoms with Crippen LogP contribution >= 0.6 is 0 Å². The van der Waals surface area contributed by atoms with Crippen molar-refractivity contribution in [2.24, 2.45) is 7.05 Å². The fourth-order valence-corrected chi connectivity index (χ4v) is 3.81. The predicted molar refractivity (Wildman–Crippen MR) is 87.3 cm³/mol. The molecule has 2 aliphatic rings. The second kappa shape index (κ2) is 4.98. The van der Waals surface area contributed by atoms with Crippen molar-refractivity contribution in [3.8, 4) is 0 Å². The minimum atomic E-state index is -0.471. The molecule has 23 heavy (non-hydrogen) atoms. The molecular weight excluding hydrogens is 290 g/mol. The maximum absolute atomic E-state index is 12.6. The lowest BCUT2D eigenvalue weighted by molar-refractivity contribution is -0.122. The molecule has 1 saturated heterocycles. The van der Waals surface area contributed by atoms with Crippen molar-refractivity contribution in [2.75, 3.05) is 18.4 Å². The van der Waals surface area contributed by atoms with E-state index in [1.165, 1.54) is 0 Å². The SMILES string of the molecule is Cn1cccc1C(=O)N1CCC2(CC1)C(=O)Nc1ccccc12. The van der Waals surface area contributed by atoms with E-state index in [0.717, 1.165) is 11.3 Å². The standard InChI is InChI=1S/C18H19N3O2/c1-20-10-4-7-15(20)16(22)21-11-8-18(9-12-21)13-5-2-3-6-14(13)19-17(18)23/h2-7,10H,8-9,11-12H2,1H3,(H,19,23). The van der Waals surface area contributed by atoms with Gasteiger partial charge in [0.25, 0.3) is 5.91 Å². The van der Waals surface area contributed by atoms with E-state index in [4.69, 9.17) is 0 Å². The molecule has 0 unspecified atom stereocenters. The normalized spacial score (nSPS) is 18.8. The van der Waals surface area contributed by atoms with E-state index in [1.807, 2.05) is 59.1 Å². The highest BCUT2D eigenvalue weighted by atomic mass is 16.2. The van der Waals surface area contributed by atoms with Gasteiger partial charge in [-0.25, -0.2) is 0 Å². The van der Waals surface area contributed by atoms with Crippen LogP contribution in [0.3, 0.4) is 0 Å². The third-order valence-electron chi connectivity index (χ3n) is 5.19. The van der Waals surface area contributed by atoms with Gasteiger partial charge in [-0.05, 0) is 36.6 Å². The van der Waals surface area contributed by atoms with Gasteiger partial charge >= 0.3 is 0 Å². The van der Waals surface area contributed by atoms with Crippen LogP contribution in [0.25, 0.3) is 0 Å². The van der Waals surface area contributed by atoms with Gasteiger partial charge in [0.15, 0.2) is 0 Å². The predicted octanol–water partition coefficient (Wildman–Crippen LogP) is 2.15. The number of hydrogen-bond acceptors (Lipinski definition) is 2. The average Bonchev–Trinajstić information content (AvgIpc) is 3.11. The first-order chi connectivity index (χ1) is 11.1. The Morgan fingerprint density at radius 2 is 1.87 bits per heavy atom. The molecule has 3 heterocycles. The Balaban J connectivity index is 1.57. The minimum Gasteiger partial charge on any atom is -0.347 e. The van der Waals surface area contributed by atoms with Crippen LogP contribution in [0.5, 0.6) is 0 Å². The summed E-state index contributed by atoms with van der Waals surface area (Å²) in [7, 11) is 1.87. The summed E-state index contributed by atoms with van der Waals surface area (Å²) in [4.78, 5) is 27.0. The van der Waals surface area contributed by atoms with Gasteiger partial charge in [-0.2, -0.15) is 0 Å². The van der Waals surface area contributed by atoms with Crippen molar-refractivity contribution >= 4 is 17.5 Å². The van der Waals surface area contributed by atoms with E-state index >= 15 is 0 Å². The molecule has 1 aromatic heterocycles. The van der Waals surface area contributed by atoms with Gasteiger partial charge in [0, 0.05) is 32.0 Å². The van der Waals surface area contributed by atoms with Crippen LogP contribution in [-0.2, 0) is 17.3 Å². The summed E-state index contributed by atoms with van der Waals surface area (Å²) < 4.78 is 1.84. The Hall–Kier alpha value is -2.56. The van der Waals surface area contributed by atoms with Gasteiger partial charge in [0.2, 0.25) is 5.91 Å². The Morgan fingerprint density at radius 3 is 2.57 bits per heavy atom. The molecule has 118 valence electrons. The molecule has 1 aromatic carbocycles. The van der Waals surface area contributed by atoms with E-state index in [9.17, 15) is 9.59 Å². The average molecular weight is 309 g/mol. The van der Waals surface area contributed by atoms with E-state index < -0.39 is 5.41 Å². The first-order valence-electron chi connectivity index (χ1n) is 7.93. The van der Waals surface area contributed by atoms with Crippen LogP contribution in [0.15, 0.2) is 42.6 Å². The number of piperidine rings is 1. The summed E-state index contributed by atoms with van der Waals surface area (Å²) in [6, 6.07) is 11.6. The number of aromatic nitrogens is 1. The molecule has 4 rings (SSSR count). The number of para-hydroxylation sites is 1. The monoisotopic (exact) mass is 309 g/mol. The fourth-order valence-electron chi connectivity index (χ4n) is 3.81. The molecule has 2 aliphatic heterocycles. The number of carbonyl (C=O) groups is 2. The van der Waals surface area contributed by atoms with Crippen molar-refractivity contribution in [2.45, 2.75) is 18.3 Å². The first-order valence-corrected chi connectivity index (χ1v) is 7.93. The van der Waals surface area contributed by atoms with Gasteiger partial charge in [0.1, 0.15) is 5.69 Å². The molecular formula is C18H19N3O2. The van der Waals surface area contributed by atoms with Gasteiger partial charge in [-0.3, -0.25) is 9.59 Å². The van der Waals surface area contributed by atoms with Crippen LogP contribution in [-0.4, -0.2) is 34.4 Å². The molecule has 5 heteroatoms. The number of nitrogens with one attached hydrogen (secondary N) is 1. The van der Waals surface area contributed by atoms with E-state index in [2.05, 4.69) is 5.32 Å². The highest BCUT2D eigenvalue weighted by Crippen LogP contribution is 2.44. The number of aryl methyl sites for hydroxylation is 1. The minimum absolute atomic E-state index is 0.0408. The van der Waals surface area contributed by atoms with Gasteiger partial charge < -0.3 is 14.8 Å². The number of hydrogen-bond donors (Lipinski definition) is 1. The van der Waals surface area contributed by atoms with E-state index in [0.29, 0.717) is 31.6 Å². The summed E-state index contributed by atoms with van der Waals surface area (Å²) in [5, 5.41) is 2.99. The van der Waals surface area contributed by atoms with Gasteiger partial charge in [-0.15, -0.1) is 0 Å². The number of nitrogens with zero attached hydrogens (tertiary/aromatic N) is 2. The number of carbonyl (C=O) groups excluding carboxylic acids is 2. The second-order valence-corrected chi connectivity index (χ2v) is 6.38. The van der Waals surface area contributed by atoms with Crippen molar-refractivity contribution < 1.29 is 9.59 Å². The lowest BCUT2D eigenvalue weighted by atomic mass is 9.73. The maximum atomic E-state index is 12.6. The number of anilines is 1. The van der Waals surface area contributed by atoms with Crippen molar-refractivity contribution in [1.82, 2.24) is 9.47 Å². The van der Waals surface area contributed by atoms with Crippen molar-refractivity contribution in [1.29, 1.82) is 0 Å². The number of likely N-dealkylation sites (tertiary alicyclic amines) is 1. The molecule has 2 amide bonds. The summed E-state index contributed by atoms with van der Waals surface area (Å²) in [5.41, 5.74) is 2.22. The van der Waals surface area contributed by atoms with Crippen LogP contribution in [0, 0.1) is 0 Å². The lowest BCUT2D eigenvalue weighted by Crippen LogP contribution is -2.48. The zero-order chi connectivity index (χ0) is 16.0. The van der Waals surface area contributed by atoms with Crippen LogP contribution in [0.4, 0.5) is 5.69 Å². The Labute approximate surface area is 134 Å². The molecule has 5 nitrogen and oxygen atoms in total. The molecule has 0 aliphatic carbocycles. The third-order valence-corrected chi connectivity index (χ3v) is 5.19. The maximum Gasteiger partial charge on any atom is 0.270 e. The Kier molecular flexibility index (Phi) is 3.04. The molecule has 0 atom stereocenters. The van der Waals surface area contributed by atoms with Crippen LogP contribution in [0.1, 0.15) is 28.9 Å². The number of fused-ring (bicyclic) bond motifs is 2. The molecule has 0 saturated carbocycles. The fraction of sp³-hybridized carbons (Fsp3) is 0.333. The number of rotatable bonds is 1. The summed E-state index contributed by atoms with van der Waals surface area (Å²) in [6.45, 7) is 1.21. The zero-order valence-corrected chi connectivity index (χ0v) is 13.1. The van der Waals surface area contributed by atoms with Crippen LogP contribution < -0.4 is 5.32 Å². The second-order valence-electron chi connectivity index (χ2n) is 6.38. The molecule has 0 bridgehead atoms. The number of benzene rings is 1. The molecule has 0 radical (unpaired) electrons. The Morgan fingerprint density at radius 1 is 1.13 bits per heavy atom. The van der Waals surface area contributed by atoms with Crippen molar-refractivity contribution in [3.63, 3.8) is 0 Å². The van der Waals surface area contributed by atoms with Crippen molar-refractivity contribution in [3.05, 3.63) is 53.9 Å². The van der Waals surface area contributed by atoms with Crippen LogP contribution in [0.2, 0.25) is 0 Å². The Bertz CT molecular complexity index is 785. The molecule has 1 N–H and O–H groups in total. The third kappa shape index (κ3) is 2.00. The summed E-state index contributed by atoms with van der Waals surface area (Å²) >= 11 is 0. The summed E-state index contributed by atoms with van der Waals surface area (Å²) in [6.07, 6.45) is 3.22. The number of amides is 2. The zero-order valence-electron chi connectivity index (χ0n) is 13.1. The highest BCUT2D eigenvalue weighted by molar-refractivity contribution is 6.06. The van der Waals surface area contributed by atoms with Gasteiger partial charge in [0.05, 0.1) is 5.41 Å². The molecule has 2 aromatic rings. The van der Waals surface area contributed by atoms with E-state index in [1.54, 1.807) is 0 Å². The molecule has 1 fully saturated rings. The van der Waals surface area contributed by atoms with Gasteiger partial charge in [-0.1, -0.05) is 18.2 Å². The quantitative estimate of drug-likeness (QED) is 0.877. The highest BCUT2D eigenvalue weighted by Gasteiger charge is 2.48. The topological polar surface area (TPSA) is 54.3 Å². The van der Waals surface area contributed by atoms with E-state index in [-0.39, 0.29) is 11.8 Å². The smallest absolute Gasteiger partial charge is 0.270 e. The largest absolute Gasteiger partial charge is 0.347 e. The first kappa shape index (κ1) is 14.1. The lowest BCUT2D eigenvalue weighted by Gasteiger charge is -2.38. The molecule has 1 spiro atoms.